The summed E-state index contributed by atoms with van der Waals surface area (Å²) in [5.41, 5.74) is 5.92. The van der Waals surface area contributed by atoms with Crippen molar-refractivity contribution in [1.82, 2.24) is 14.9 Å². The first kappa shape index (κ1) is 26.5. The molecule has 4 aromatic rings. The number of amides is 1. The van der Waals surface area contributed by atoms with Gasteiger partial charge in [-0.3, -0.25) is 4.79 Å². The van der Waals surface area contributed by atoms with Crippen LogP contribution in [0.25, 0.3) is 11.0 Å². The number of ether oxygens (including phenoxy) is 1. The largest absolute Gasteiger partial charge is 0.493 e. The summed E-state index contributed by atoms with van der Waals surface area (Å²) in [6.45, 7) is 6.53. The zero-order chi connectivity index (χ0) is 25.9. The topological polar surface area (TPSA) is 56.1 Å². The lowest BCUT2D eigenvalue weighted by atomic mass is 10.1. The van der Waals surface area contributed by atoms with Crippen LogP contribution in [-0.4, -0.2) is 28.6 Å². The van der Waals surface area contributed by atoms with Gasteiger partial charge in [0.1, 0.15) is 11.6 Å². The molecule has 1 N–H and O–H groups in total. The van der Waals surface area contributed by atoms with Gasteiger partial charge in [-0.2, -0.15) is 0 Å². The van der Waals surface area contributed by atoms with Gasteiger partial charge in [0.25, 0.3) is 0 Å². The number of para-hydroxylation sites is 2. The minimum absolute atomic E-state index is 0.133. The Balaban J connectivity index is 1.20. The molecule has 0 saturated carbocycles. The van der Waals surface area contributed by atoms with Crippen molar-refractivity contribution in [3.8, 4) is 5.75 Å². The van der Waals surface area contributed by atoms with E-state index < -0.39 is 0 Å². The number of carbonyl (C=O) groups excluding carboxylic acids is 1. The number of carbonyl (C=O) groups is 1. The van der Waals surface area contributed by atoms with Crippen LogP contribution in [0.2, 0.25) is 0 Å². The van der Waals surface area contributed by atoms with Crippen LogP contribution in [0, 0.1) is 13.8 Å². The number of rotatable bonds is 14. The summed E-state index contributed by atoms with van der Waals surface area (Å²) < 4.78 is 8.44. The maximum atomic E-state index is 12.1. The van der Waals surface area contributed by atoms with E-state index in [2.05, 4.69) is 66.2 Å². The van der Waals surface area contributed by atoms with Crippen molar-refractivity contribution in [3.63, 3.8) is 0 Å². The third-order valence-electron chi connectivity index (χ3n) is 6.96. The second-order valence-corrected chi connectivity index (χ2v) is 9.71. The Morgan fingerprint density at radius 1 is 0.865 bits per heavy atom. The lowest BCUT2D eigenvalue weighted by Crippen LogP contribution is -2.24. The fourth-order valence-electron chi connectivity index (χ4n) is 4.65. The molecule has 0 radical (unpaired) electrons. The van der Waals surface area contributed by atoms with Gasteiger partial charge in [0, 0.05) is 25.9 Å². The summed E-state index contributed by atoms with van der Waals surface area (Å²) in [5, 5.41) is 3.07. The summed E-state index contributed by atoms with van der Waals surface area (Å²) in [6, 6.07) is 24.8. The Bertz CT molecular complexity index is 1280. The molecular weight excluding hydrogens is 458 g/mol. The third kappa shape index (κ3) is 7.69. The maximum Gasteiger partial charge on any atom is 0.220 e. The predicted octanol–water partition coefficient (Wildman–Crippen LogP) is 6.58. The van der Waals surface area contributed by atoms with Crippen LogP contribution in [0.1, 0.15) is 54.6 Å². The van der Waals surface area contributed by atoms with E-state index in [4.69, 9.17) is 9.72 Å². The molecular formula is C32H39N3O2. The number of benzene rings is 3. The number of fused-ring (bicyclic) bond motifs is 1. The highest BCUT2D eigenvalue weighted by atomic mass is 16.5. The molecule has 0 aliphatic carbocycles. The van der Waals surface area contributed by atoms with E-state index in [1.165, 1.54) is 22.2 Å². The minimum atomic E-state index is 0.133. The predicted molar refractivity (Wildman–Crippen MR) is 151 cm³/mol. The molecule has 0 spiro atoms. The highest BCUT2D eigenvalue weighted by molar-refractivity contribution is 5.76. The molecule has 37 heavy (non-hydrogen) atoms. The third-order valence-corrected chi connectivity index (χ3v) is 6.96. The van der Waals surface area contributed by atoms with E-state index in [1.807, 2.05) is 30.3 Å². The van der Waals surface area contributed by atoms with Gasteiger partial charge in [-0.25, -0.2) is 4.98 Å². The fourth-order valence-corrected chi connectivity index (χ4v) is 4.65. The summed E-state index contributed by atoms with van der Waals surface area (Å²) in [6.07, 6.45) is 6.31. The molecule has 1 aromatic heterocycles. The average Bonchev–Trinajstić information content (AvgIpc) is 3.27. The molecule has 194 valence electrons. The number of imidazole rings is 1. The van der Waals surface area contributed by atoms with E-state index in [-0.39, 0.29) is 5.91 Å². The summed E-state index contributed by atoms with van der Waals surface area (Å²) >= 11 is 0. The first-order valence-corrected chi connectivity index (χ1v) is 13.6. The Morgan fingerprint density at radius 2 is 1.68 bits per heavy atom. The van der Waals surface area contributed by atoms with E-state index in [0.29, 0.717) is 13.0 Å². The van der Waals surface area contributed by atoms with Gasteiger partial charge in [0.15, 0.2) is 0 Å². The molecule has 1 heterocycles. The number of aromatic nitrogens is 2. The van der Waals surface area contributed by atoms with Gasteiger partial charge in [-0.15, -0.1) is 0 Å². The summed E-state index contributed by atoms with van der Waals surface area (Å²) in [4.78, 5) is 17.1. The van der Waals surface area contributed by atoms with Crippen molar-refractivity contribution in [3.05, 3.63) is 95.3 Å². The SMILES string of the molecule is Cc1cccc(OCCCn2c(CCCCCNC(=O)CCc3ccccc3)nc3ccccc32)c1C. The molecule has 0 atom stereocenters. The van der Waals surface area contributed by atoms with Gasteiger partial charge in [-0.05, 0) is 74.4 Å². The maximum absolute atomic E-state index is 12.1. The number of nitrogens with zero attached hydrogens (tertiary/aromatic N) is 2. The van der Waals surface area contributed by atoms with Crippen LogP contribution in [0.15, 0.2) is 72.8 Å². The van der Waals surface area contributed by atoms with E-state index >= 15 is 0 Å². The number of nitrogens with one attached hydrogen (secondary N) is 1. The smallest absolute Gasteiger partial charge is 0.220 e. The van der Waals surface area contributed by atoms with Gasteiger partial charge in [-0.1, -0.05) is 61.0 Å². The Hall–Kier alpha value is -3.60. The van der Waals surface area contributed by atoms with Crippen LogP contribution >= 0.6 is 0 Å². The highest BCUT2D eigenvalue weighted by Crippen LogP contribution is 2.22. The quantitative estimate of drug-likeness (QED) is 0.200. The zero-order valence-electron chi connectivity index (χ0n) is 22.2. The zero-order valence-corrected chi connectivity index (χ0v) is 22.2. The molecule has 0 saturated heterocycles. The van der Waals surface area contributed by atoms with Crippen molar-refractivity contribution >= 4 is 16.9 Å². The van der Waals surface area contributed by atoms with E-state index in [0.717, 1.165) is 68.7 Å². The van der Waals surface area contributed by atoms with Crippen molar-refractivity contribution in [1.29, 1.82) is 0 Å². The normalized spacial score (nSPS) is 11.1. The van der Waals surface area contributed by atoms with Crippen LogP contribution in [0.4, 0.5) is 0 Å². The molecule has 0 bridgehead atoms. The number of hydrogen-bond acceptors (Lipinski definition) is 3. The molecule has 0 unspecified atom stereocenters. The van der Waals surface area contributed by atoms with E-state index in [1.54, 1.807) is 0 Å². The molecule has 5 nitrogen and oxygen atoms in total. The second kappa shape index (κ2) is 13.6. The lowest BCUT2D eigenvalue weighted by Gasteiger charge is -2.13. The number of hydrogen-bond donors (Lipinski definition) is 1. The highest BCUT2D eigenvalue weighted by Gasteiger charge is 2.11. The van der Waals surface area contributed by atoms with Crippen molar-refractivity contribution in [2.45, 2.75) is 65.3 Å². The van der Waals surface area contributed by atoms with Gasteiger partial charge < -0.3 is 14.6 Å². The second-order valence-electron chi connectivity index (χ2n) is 9.71. The standard InChI is InChI=1S/C32H39N3O2/c1-25-13-11-18-30(26(25)2)37-24-12-23-35-29-17-9-8-16-28(29)34-31(35)19-7-4-10-22-33-32(36)21-20-27-14-5-3-6-15-27/h3,5-6,8-9,11,13-18H,4,7,10,12,19-24H2,1-2H3,(H,33,36). The molecule has 5 heteroatoms. The van der Waals surface area contributed by atoms with E-state index in [9.17, 15) is 4.79 Å². The molecule has 3 aromatic carbocycles. The van der Waals surface area contributed by atoms with Gasteiger partial charge in [0.05, 0.1) is 17.6 Å². The summed E-state index contributed by atoms with van der Waals surface area (Å²) in [5.74, 6) is 2.25. The number of aryl methyl sites for hydroxylation is 4. The summed E-state index contributed by atoms with van der Waals surface area (Å²) in [7, 11) is 0. The molecule has 4 rings (SSSR count). The molecule has 1 amide bonds. The Labute approximate surface area is 220 Å². The molecule has 0 aliphatic rings. The molecule has 0 fully saturated rings. The molecule has 0 aliphatic heterocycles. The average molecular weight is 498 g/mol. The van der Waals surface area contributed by atoms with Crippen LogP contribution in [-0.2, 0) is 24.2 Å². The first-order chi connectivity index (χ1) is 18.1. The van der Waals surface area contributed by atoms with Crippen molar-refractivity contribution in [2.24, 2.45) is 0 Å². The van der Waals surface area contributed by atoms with Crippen molar-refractivity contribution in [2.75, 3.05) is 13.2 Å². The Kier molecular flexibility index (Phi) is 9.75. The van der Waals surface area contributed by atoms with Crippen LogP contribution < -0.4 is 10.1 Å². The Morgan fingerprint density at radius 3 is 2.54 bits per heavy atom. The minimum Gasteiger partial charge on any atom is -0.493 e. The van der Waals surface area contributed by atoms with Gasteiger partial charge >= 0.3 is 0 Å². The lowest BCUT2D eigenvalue weighted by molar-refractivity contribution is -0.121. The van der Waals surface area contributed by atoms with Crippen LogP contribution in [0.3, 0.4) is 0 Å². The first-order valence-electron chi connectivity index (χ1n) is 13.6. The van der Waals surface area contributed by atoms with Crippen LogP contribution in [0.5, 0.6) is 5.75 Å². The van der Waals surface area contributed by atoms with Gasteiger partial charge in [0.2, 0.25) is 5.91 Å². The fraction of sp³-hybridized carbons (Fsp3) is 0.375. The monoisotopic (exact) mass is 497 g/mol. The van der Waals surface area contributed by atoms with Crippen molar-refractivity contribution < 1.29 is 9.53 Å². The number of unbranched alkanes of at least 4 members (excludes halogenated alkanes) is 2.